The highest BCUT2D eigenvalue weighted by atomic mass is 32.2. The molecule has 2 aromatic rings. The van der Waals surface area contributed by atoms with E-state index < -0.39 is 10.8 Å². The lowest BCUT2D eigenvalue weighted by Crippen LogP contribution is -1.95. The Balaban J connectivity index is 2.31. The summed E-state index contributed by atoms with van der Waals surface area (Å²) in [7, 11) is -1.02. The fourth-order valence-corrected chi connectivity index (χ4v) is 2.73. The van der Waals surface area contributed by atoms with Gasteiger partial charge >= 0.3 is 0 Å². The lowest BCUT2D eigenvalue weighted by atomic mass is 10.1. The molecule has 17 heavy (non-hydrogen) atoms. The summed E-state index contributed by atoms with van der Waals surface area (Å²) in [6.45, 7) is 0. The van der Waals surface area contributed by atoms with Crippen LogP contribution >= 0.6 is 0 Å². The highest BCUT2D eigenvalue weighted by Gasteiger charge is 2.26. The van der Waals surface area contributed by atoms with E-state index in [9.17, 15) is 9.00 Å². The predicted molar refractivity (Wildman–Crippen MR) is 67.6 cm³/mol. The van der Waals surface area contributed by atoms with Crippen LogP contribution in [0.25, 0.3) is 11.1 Å². The molecule has 1 atom stereocenters. The van der Waals surface area contributed by atoms with Crippen LogP contribution in [0, 0.1) is 0 Å². The molecular weight excluding hydrogens is 232 g/mol. The minimum Gasteiger partial charge on any atom is -0.289 e. The molecule has 3 heteroatoms. The molecule has 0 bridgehead atoms. The van der Waals surface area contributed by atoms with Gasteiger partial charge in [0.15, 0.2) is 5.78 Å². The summed E-state index contributed by atoms with van der Waals surface area (Å²) in [5.41, 5.74) is 3.29. The van der Waals surface area contributed by atoms with Crippen molar-refractivity contribution >= 4 is 16.6 Å². The average molecular weight is 242 g/mol. The molecule has 3 rings (SSSR count). The molecule has 0 spiro atoms. The fourth-order valence-electron chi connectivity index (χ4n) is 2.18. The first-order chi connectivity index (χ1) is 8.18. The summed E-state index contributed by atoms with van der Waals surface area (Å²) in [5.74, 6) is 0.0593. The summed E-state index contributed by atoms with van der Waals surface area (Å²) in [6.07, 6.45) is 1.64. The van der Waals surface area contributed by atoms with E-state index in [0.29, 0.717) is 5.56 Å². The van der Waals surface area contributed by atoms with Crippen LogP contribution in [0.3, 0.4) is 0 Å². The third-order valence-corrected chi connectivity index (χ3v) is 3.95. The van der Waals surface area contributed by atoms with Crippen LogP contribution in [0.1, 0.15) is 15.9 Å². The molecule has 84 valence electrons. The van der Waals surface area contributed by atoms with Gasteiger partial charge in [-0.2, -0.15) is 0 Å². The van der Waals surface area contributed by atoms with Crippen molar-refractivity contribution in [1.29, 1.82) is 0 Å². The monoisotopic (exact) mass is 242 g/mol. The molecule has 2 aromatic carbocycles. The second-order valence-corrected chi connectivity index (χ2v) is 5.42. The van der Waals surface area contributed by atoms with E-state index in [1.54, 1.807) is 18.4 Å². The molecule has 0 amide bonds. The third kappa shape index (κ3) is 1.46. The Morgan fingerprint density at radius 2 is 1.53 bits per heavy atom. The van der Waals surface area contributed by atoms with Gasteiger partial charge in [-0.05, 0) is 29.3 Å². The fraction of sp³-hybridized carbons (Fsp3) is 0.0714. The molecule has 1 aliphatic rings. The Morgan fingerprint density at radius 3 is 2.24 bits per heavy atom. The van der Waals surface area contributed by atoms with Gasteiger partial charge in [-0.1, -0.05) is 24.3 Å². The molecular formula is C14H10O2S. The predicted octanol–water partition coefficient (Wildman–Crippen LogP) is 2.64. The van der Waals surface area contributed by atoms with Crippen molar-refractivity contribution in [2.45, 2.75) is 4.90 Å². The van der Waals surface area contributed by atoms with Gasteiger partial charge in [0.25, 0.3) is 0 Å². The lowest BCUT2D eigenvalue weighted by Gasteiger charge is -2.02. The van der Waals surface area contributed by atoms with Gasteiger partial charge in [0.2, 0.25) is 0 Å². The van der Waals surface area contributed by atoms with E-state index >= 15 is 0 Å². The second kappa shape index (κ2) is 3.64. The Hall–Kier alpha value is -1.74. The first kappa shape index (κ1) is 10.4. The van der Waals surface area contributed by atoms with Crippen molar-refractivity contribution in [3.8, 4) is 11.1 Å². The standard InChI is InChI=1S/C14H10O2S/c1-17(16)9-6-7-12-13(8-9)10-4-2-3-5-11(10)14(12)15/h2-8H,1H3. The van der Waals surface area contributed by atoms with Crippen LogP contribution in [-0.2, 0) is 10.8 Å². The zero-order valence-electron chi connectivity index (χ0n) is 9.27. The van der Waals surface area contributed by atoms with Gasteiger partial charge < -0.3 is 0 Å². The maximum Gasteiger partial charge on any atom is 0.194 e. The number of ketones is 1. The summed E-state index contributed by atoms with van der Waals surface area (Å²) >= 11 is 0. The summed E-state index contributed by atoms with van der Waals surface area (Å²) in [6, 6.07) is 12.9. The van der Waals surface area contributed by atoms with Crippen molar-refractivity contribution in [3.63, 3.8) is 0 Å². The van der Waals surface area contributed by atoms with Crippen LogP contribution in [0.15, 0.2) is 47.4 Å². The van der Waals surface area contributed by atoms with E-state index in [1.807, 2.05) is 30.3 Å². The first-order valence-electron chi connectivity index (χ1n) is 5.30. The largest absolute Gasteiger partial charge is 0.289 e. The number of carbonyl (C=O) groups is 1. The molecule has 0 N–H and O–H groups in total. The molecule has 2 nitrogen and oxygen atoms in total. The molecule has 0 heterocycles. The van der Waals surface area contributed by atoms with Crippen molar-refractivity contribution in [2.24, 2.45) is 0 Å². The second-order valence-electron chi connectivity index (χ2n) is 4.04. The molecule has 1 unspecified atom stereocenters. The minimum absolute atomic E-state index is 0.0593. The number of carbonyl (C=O) groups excluding carboxylic acids is 1. The van der Waals surface area contributed by atoms with Crippen LogP contribution < -0.4 is 0 Å². The Bertz CT molecular complexity index is 659. The normalized spacial score (nSPS) is 14.3. The lowest BCUT2D eigenvalue weighted by molar-refractivity contribution is 0.104. The average Bonchev–Trinajstić information content (AvgIpc) is 2.64. The van der Waals surface area contributed by atoms with E-state index in [2.05, 4.69) is 0 Å². The maximum atomic E-state index is 12.1. The Labute approximate surface area is 102 Å². The van der Waals surface area contributed by atoms with E-state index in [1.165, 1.54) is 0 Å². The number of rotatable bonds is 1. The minimum atomic E-state index is -1.02. The highest BCUT2D eigenvalue weighted by molar-refractivity contribution is 7.84. The van der Waals surface area contributed by atoms with Crippen molar-refractivity contribution in [3.05, 3.63) is 53.6 Å². The zero-order valence-corrected chi connectivity index (χ0v) is 10.1. The van der Waals surface area contributed by atoms with Crippen molar-refractivity contribution in [1.82, 2.24) is 0 Å². The molecule has 0 radical (unpaired) electrons. The van der Waals surface area contributed by atoms with Crippen LogP contribution in [0.4, 0.5) is 0 Å². The van der Waals surface area contributed by atoms with Crippen LogP contribution in [0.5, 0.6) is 0 Å². The number of benzene rings is 2. The van der Waals surface area contributed by atoms with Crippen LogP contribution in [-0.4, -0.2) is 16.2 Å². The quantitative estimate of drug-likeness (QED) is 0.657. The third-order valence-electron chi connectivity index (χ3n) is 3.03. The van der Waals surface area contributed by atoms with E-state index in [4.69, 9.17) is 0 Å². The van der Waals surface area contributed by atoms with Gasteiger partial charge in [-0.25, -0.2) is 0 Å². The molecule has 0 fully saturated rings. The summed E-state index contributed by atoms with van der Waals surface area (Å²) < 4.78 is 11.5. The smallest absolute Gasteiger partial charge is 0.194 e. The van der Waals surface area contributed by atoms with E-state index in [0.717, 1.165) is 21.6 Å². The van der Waals surface area contributed by atoms with Crippen LogP contribution in [0.2, 0.25) is 0 Å². The number of fused-ring (bicyclic) bond motifs is 3. The highest BCUT2D eigenvalue weighted by Crippen LogP contribution is 2.37. The summed E-state index contributed by atoms with van der Waals surface area (Å²) in [5, 5.41) is 0. The van der Waals surface area contributed by atoms with Gasteiger partial charge in [0.1, 0.15) is 0 Å². The van der Waals surface area contributed by atoms with E-state index in [-0.39, 0.29) is 5.78 Å². The van der Waals surface area contributed by atoms with Crippen molar-refractivity contribution < 1.29 is 9.00 Å². The zero-order chi connectivity index (χ0) is 12.0. The first-order valence-corrected chi connectivity index (χ1v) is 6.86. The van der Waals surface area contributed by atoms with Gasteiger partial charge in [-0.3, -0.25) is 9.00 Å². The molecule has 0 saturated heterocycles. The Morgan fingerprint density at radius 1 is 0.882 bits per heavy atom. The van der Waals surface area contributed by atoms with Gasteiger partial charge in [-0.15, -0.1) is 0 Å². The van der Waals surface area contributed by atoms with Gasteiger partial charge in [0, 0.05) is 33.1 Å². The Kier molecular flexibility index (Phi) is 2.23. The molecule has 0 aliphatic heterocycles. The number of hydrogen-bond acceptors (Lipinski definition) is 2. The number of hydrogen-bond donors (Lipinski definition) is 0. The maximum absolute atomic E-state index is 12.1. The molecule has 0 saturated carbocycles. The summed E-state index contributed by atoms with van der Waals surface area (Å²) in [4.78, 5) is 12.9. The topological polar surface area (TPSA) is 34.1 Å². The SMILES string of the molecule is CS(=O)c1ccc2c(c1)-c1ccccc1C2=O. The van der Waals surface area contributed by atoms with Crippen molar-refractivity contribution in [2.75, 3.05) is 6.26 Å². The van der Waals surface area contributed by atoms with Gasteiger partial charge in [0.05, 0.1) is 0 Å². The molecule has 1 aliphatic carbocycles. The molecule has 0 aromatic heterocycles.